The molecule has 3 atom stereocenters. The predicted molar refractivity (Wildman–Crippen MR) is 126 cm³/mol. The molecule has 3 aliphatic heterocycles. The molecule has 186 valence electrons. The Morgan fingerprint density at radius 3 is 2.59 bits per heavy atom. The Morgan fingerprint density at radius 2 is 1.88 bits per heavy atom. The van der Waals surface area contributed by atoms with Gasteiger partial charge in [-0.1, -0.05) is 0 Å². The number of methoxy groups -OCH3 is 1. The van der Waals surface area contributed by atoms with Crippen LogP contribution >= 0.6 is 0 Å². The van der Waals surface area contributed by atoms with Gasteiger partial charge in [0, 0.05) is 30.6 Å². The summed E-state index contributed by atoms with van der Waals surface area (Å²) in [6, 6.07) is 5.44. The maximum absolute atomic E-state index is 14.2. The molecule has 8 heteroatoms. The first kappa shape index (κ1) is 23.4. The van der Waals surface area contributed by atoms with E-state index in [4.69, 9.17) is 9.47 Å². The number of nitrogens with zero attached hydrogens (tertiary/aromatic N) is 3. The van der Waals surface area contributed by atoms with Gasteiger partial charge in [0.2, 0.25) is 0 Å². The minimum Gasteiger partial charge on any atom is -0.452 e. The van der Waals surface area contributed by atoms with Gasteiger partial charge in [0.25, 0.3) is 0 Å². The van der Waals surface area contributed by atoms with E-state index in [1.54, 1.807) is 17.0 Å². The van der Waals surface area contributed by atoms with Gasteiger partial charge in [-0.2, -0.15) is 0 Å². The average Bonchev–Trinajstić information content (AvgIpc) is 3.38. The fraction of sp³-hybridized carbons (Fsp3) is 0.692. The van der Waals surface area contributed by atoms with Crippen LogP contribution < -0.4 is 4.90 Å². The van der Waals surface area contributed by atoms with E-state index >= 15 is 0 Å². The number of carbonyl (C=O) groups excluding carboxylic acids is 2. The number of ether oxygens (including phenoxy) is 2. The second-order valence-corrected chi connectivity index (χ2v) is 10.8. The minimum atomic E-state index is -0.389. The summed E-state index contributed by atoms with van der Waals surface area (Å²) in [6.07, 6.45) is 5.40. The van der Waals surface area contributed by atoms with E-state index in [-0.39, 0.29) is 35.6 Å². The molecule has 3 heterocycles. The van der Waals surface area contributed by atoms with Crippen molar-refractivity contribution >= 4 is 17.9 Å². The van der Waals surface area contributed by atoms with Crippen LogP contribution in [0, 0.1) is 11.7 Å². The van der Waals surface area contributed by atoms with Crippen LogP contribution in [0.25, 0.3) is 0 Å². The number of hydrogen-bond acceptors (Lipinski definition) is 5. The molecule has 0 N–H and O–H groups in total. The summed E-state index contributed by atoms with van der Waals surface area (Å²) in [5.41, 5.74) is 1.47. The van der Waals surface area contributed by atoms with Crippen molar-refractivity contribution in [3.8, 4) is 0 Å². The molecule has 1 aliphatic carbocycles. The van der Waals surface area contributed by atoms with Crippen LogP contribution in [-0.4, -0.2) is 73.5 Å². The second kappa shape index (κ2) is 9.02. The first-order chi connectivity index (χ1) is 16.3. The highest BCUT2D eigenvalue weighted by Crippen LogP contribution is 2.49. The summed E-state index contributed by atoms with van der Waals surface area (Å²) in [5.74, 6) is 0.269. The van der Waals surface area contributed by atoms with Gasteiger partial charge in [-0.3, -0.25) is 4.90 Å². The van der Waals surface area contributed by atoms with E-state index in [1.807, 2.05) is 18.7 Å². The summed E-state index contributed by atoms with van der Waals surface area (Å²) < 4.78 is 24.7. The first-order valence-electron chi connectivity index (χ1n) is 12.7. The first-order valence-corrected chi connectivity index (χ1v) is 12.7. The van der Waals surface area contributed by atoms with Gasteiger partial charge in [-0.25, -0.2) is 14.0 Å². The maximum Gasteiger partial charge on any atom is 0.414 e. The summed E-state index contributed by atoms with van der Waals surface area (Å²) >= 11 is 0. The van der Waals surface area contributed by atoms with Crippen LogP contribution in [0.5, 0.6) is 0 Å². The molecule has 34 heavy (non-hydrogen) atoms. The Labute approximate surface area is 201 Å². The average molecular weight is 474 g/mol. The summed E-state index contributed by atoms with van der Waals surface area (Å²) in [6.45, 7) is 6.94. The molecule has 1 spiro atoms. The topological polar surface area (TPSA) is 62.3 Å². The molecule has 1 aromatic carbocycles. The molecular weight excluding hydrogens is 437 g/mol. The zero-order valence-corrected chi connectivity index (χ0v) is 20.5. The van der Waals surface area contributed by atoms with Gasteiger partial charge in [-0.15, -0.1) is 0 Å². The van der Waals surface area contributed by atoms with Gasteiger partial charge in [0.15, 0.2) is 0 Å². The van der Waals surface area contributed by atoms with Crippen LogP contribution in [0.4, 0.5) is 19.7 Å². The number of benzene rings is 1. The Morgan fingerprint density at radius 1 is 1.12 bits per heavy atom. The largest absolute Gasteiger partial charge is 0.452 e. The van der Waals surface area contributed by atoms with E-state index < -0.39 is 0 Å². The van der Waals surface area contributed by atoms with Crippen molar-refractivity contribution in [2.24, 2.45) is 5.92 Å². The highest BCUT2D eigenvalue weighted by molar-refractivity contribution is 5.91. The Kier molecular flexibility index (Phi) is 6.21. The highest BCUT2D eigenvalue weighted by Gasteiger charge is 2.50. The number of rotatable bonds is 2. The molecule has 2 saturated heterocycles. The quantitative estimate of drug-likeness (QED) is 0.631. The lowest BCUT2D eigenvalue weighted by Crippen LogP contribution is -2.49. The van der Waals surface area contributed by atoms with E-state index in [2.05, 4.69) is 4.90 Å². The number of fused-ring (bicyclic) bond motifs is 3. The van der Waals surface area contributed by atoms with Gasteiger partial charge in [0.05, 0.1) is 18.9 Å². The number of hydrogen-bond donors (Lipinski definition) is 0. The Hall–Kier alpha value is -2.35. The molecule has 0 radical (unpaired) electrons. The van der Waals surface area contributed by atoms with E-state index in [9.17, 15) is 14.0 Å². The lowest BCUT2D eigenvalue weighted by atomic mass is 9.74. The molecule has 0 bridgehead atoms. The van der Waals surface area contributed by atoms with Gasteiger partial charge < -0.3 is 19.3 Å². The van der Waals surface area contributed by atoms with Crippen molar-refractivity contribution in [3.63, 3.8) is 0 Å². The van der Waals surface area contributed by atoms with Crippen molar-refractivity contribution in [3.05, 3.63) is 29.6 Å². The van der Waals surface area contributed by atoms with E-state index in [0.717, 1.165) is 63.0 Å². The van der Waals surface area contributed by atoms with Crippen LogP contribution in [0.1, 0.15) is 57.9 Å². The van der Waals surface area contributed by atoms with E-state index in [1.165, 1.54) is 19.6 Å². The summed E-state index contributed by atoms with van der Waals surface area (Å²) in [5, 5.41) is 0. The van der Waals surface area contributed by atoms with Crippen LogP contribution in [-0.2, 0) is 14.9 Å². The normalized spacial score (nSPS) is 28.2. The maximum atomic E-state index is 14.2. The standard InChI is InChI=1S/C26H36FN3O4/c1-17(2)34-25(32)29-10-4-5-18-13-20(15-23(18)29)28-11-8-26(9-12-28)16-30(24(31)33-3)22-7-6-19(27)14-21(22)26/h6-7,14,17-18,20,23H,4-5,8-13,15-16H2,1-3H3. The molecule has 7 nitrogen and oxygen atoms in total. The smallest absolute Gasteiger partial charge is 0.414 e. The molecule has 2 amide bonds. The monoisotopic (exact) mass is 473 g/mol. The molecule has 5 rings (SSSR count). The SMILES string of the molecule is COC(=O)N1CC2(CCN(C3CC4CCCN(C(=O)OC(C)C)C4C3)CC2)c2cc(F)ccc21. The Bertz CT molecular complexity index is 946. The number of halogens is 1. The number of likely N-dealkylation sites (tertiary alicyclic amines) is 2. The summed E-state index contributed by atoms with van der Waals surface area (Å²) in [4.78, 5) is 31.3. The summed E-state index contributed by atoms with van der Waals surface area (Å²) in [7, 11) is 1.39. The number of anilines is 1. The lowest BCUT2D eigenvalue weighted by Gasteiger charge is -2.42. The Balaban J connectivity index is 1.28. The highest BCUT2D eigenvalue weighted by atomic mass is 19.1. The molecule has 3 unspecified atom stereocenters. The number of amides is 2. The van der Waals surface area contributed by atoms with Gasteiger partial charge >= 0.3 is 12.2 Å². The fourth-order valence-electron chi connectivity index (χ4n) is 6.91. The molecule has 3 fully saturated rings. The van der Waals surface area contributed by atoms with Crippen molar-refractivity contribution in [1.29, 1.82) is 0 Å². The second-order valence-electron chi connectivity index (χ2n) is 10.8. The number of carbonyl (C=O) groups is 2. The van der Waals surface area contributed by atoms with Crippen molar-refractivity contribution in [1.82, 2.24) is 9.80 Å². The van der Waals surface area contributed by atoms with Crippen LogP contribution in [0.3, 0.4) is 0 Å². The molecular formula is C26H36FN3O4. The van der Waals surface area contributed by atoms with Crippen molar-refractivity contribution < 1.29 is 23.5 Å². The minimum absolute atomic E-state index is 0.105. The van der Waals surface area contributed by atoms with Crippen LogP contribution in [0.15, 0.2) is 18.2 Å². The molecule has 1 aromatic rings. The zero-order valence-electron chi connectivity index (χ0n) is 20.5. The molecule has 4 aliphatic rings. The van der Waals surface area contributed by atoms with Crippen LogP contribution in [0.2, 0.25) is 0 Å². The lowest BCUT2D eigenvalue weighted by molar-refractivity contribution is 0.0427. The predicted octanol–water partition coefficient (Wildman–Crippen LogP) is 4.53. The van der Waals surface area contributed by atoms with Gasteiger partial charge in [-0.05, 0) is 95.1 Å². The number of piperidine rings is 2. The molecule has 0 aromatic heterocycles. The van der Waals surface area contributed by atoms with Crippen molar-refractivity contribution in [2.45, 2.75) is 76.0 Å². The third-order valence-corrected chi connectivity index (χ3v) is 8.53. The third-order valence-electron chi connectivity index (χ3n) is 8.53. The van der Waals surface area contributed by atoms with E-state index in [0.29, 0.717) is 18.5 Å². The fourth-order valence-corrected chi connectivity index (χ4v) is 6.91. The van der Waals surface area contributed by atoms with Gasteiger partial charge in [0.1, 0.15) is 5.82 Å². The molecule has 1 saturated carbocycles. The van der Waals surface area contributed by atoms with Crippen molar-refractivity contribution in [2.75, 3.05) is 38.2 Å². The zero-order chi connectivity index (χ0) is 24.0. The third kappa shape index (κ3) is 4.04.